The summed E-state index contributed by atoms with van der Waals surface area (Å²) in [5.41, 5.74) is 1.36. The second kappa shape index (κ2) is 9.64. The molecule has 0 aliphatic rings. The Kier molecular flexibility index (Phi) is 8.16. The highest BCUT2D eigenvalue weighted by molar-refractivity contribution is 14.0. The first-order valence-electron chi connectivity index (χ1n) is 6.76. The number of thiophene rings is 1. The summed E-state index contributed by atoms with van der Waals surface area (Å²) in [6, 6.07) is 8.49. The third-order valence-electron chi connectivity index (χ3n) is 2.91. The van der Waals surface area contributed by atoms with E-state index in [0.29, 0.717) is 6.54 Å². The van der Waals surface area contributed by atoms with Crippen LogP contribution in [0.5, 0.6) is 0 Å². The summed E-state index contributed by atoms with van der Waals surface area (Å²) < 4.78 is 1.34. The highest BCUT2D eigenvalue weighted by Crippen LogP contribution is 2.25. The molecule has 0 aliphatic carbocycles. The SMILES string of the molecule is C#CCNC(=NCCc1csc2ccccc12)NCC.I. The molecule has 2 N–H and O–H groups in total. The zero-order valence-corrected chi connectivity index (χ0v) is 15.2. The molecule has 0 radical (unpaired) electrons. The third kappa shape index (κ3) is 5.21. The quantitative estimate of drug-likeness (QED) is 0.342. The minimum Gasteiger partial charge on any atom is -0.357 e. The molecule has 0 atom stereocenters. The molecule has 0 amide bonds. The lowest BCUT2D eigenvalue weighted by Crippen LogP contribution is -2.37. The van der Waals surface area contributed by atoms with Gasteiger partial charge in [-0.3, -0.25) is 4.99 Å². The standard InChI is InChI=1S/C16H19N3S.HI/c1-3-10-18-16(17-4-2)19-11-9-13-12-20-15-8-6-5-7-14(13)15;/h1,5-8,12H,4,9-11H2,2H3,(H2,17,18,19);1H. The Morgan fingerprint density at radius 2 is 2.14 bits per heavy atom. The Hall–Kier alpha value is -1.26. The van der Waals surface area contributed by atoms with Crippen molar-refractivity contribution in [1.82, 2.24) is 10.6 Å². The van der Waals surface area contributed by atoms with Crippen molar-refractivity contribution in [1.29, 1.82) is 0 Å². The first kappa shape index (κ1) is 17.8. The van der Waals surface area contributed by atoms with Gasteiger partial charge in [0.1, 0.15) is 0 Å². The molecule has 5 heteroatoms. The molecule has 0 fully saturated rings. The molecule has 2 rings (SSSR count). The van der Waals surface area contributed by atoms with Gasteiger partial charge in [0.05, 0.1) is 6.54 Å². The minimum absolute atomic E-state index is 0. The van der Waals surface area contributed by atoms with Gasteiger partial charge in [-0.1, -0.05) is 24.1 Å². The number of halogens is 1. The smallest absolute Gasteiger partial charge is 0.192 e. The number of aliphatic imine (C=N–C) groups is 1. The molecule has 0 bridgehead atoms. The molecule has 1 aromatic heterocycles. The van der Waals surface area contributed by atoms with Crippen LogP contribution in [0.25, 0.3) is 10.1 Å². The number of hydrogen-bond donors (Lipinski definition) is 2. The maximum atomic E-state index is 5.25. The summed E-state index contributed by atoms with van der Waals surface area (Å²) in [5.74, 6) is 3.34. The van der Waals surface area contributed by atoms with E-state index in [0.717, 1.165) is 25.5 Å². The molecule has 0 unspecified atom stereocenters. The largest absolute Gasteiger partial charge is 0.357 e. The topological polar surface area (TPSA) is 36.4 Å². The van der Waals surface area contributed by atoms with Crippen LogP contribution in [0.3, 0.4) is 0 Å². The van der Waals surface area contributed by atoms with E-state index in [1.807, 2.05) is 6.92 Å². The van der Waals surface area contributed by atoms with Crippen LogP contribution in [0, 0.1) is 12.3 Å². The van der Waals surface area contributed by atoms with Crippen LogP contribution in [0.2, 0.25) is 0 Å². The van der Waals surface area contributed by atoms with Crippen molar-refractivity contribution < 1.29 is 0 Å². The molecule has 2 aromatic rings. The van der Waals surface area contributed by atoms with E-state index in [9.17, 15) is 0 Å². The zero-order valence-electron chi connectivity index (χ0n) is 12.1. The summed E-state index contributed by atoms with van der Waals surface area (Å²) in [6.45, 7) is 4.12. The highest BCUT2D eigenvalue weighted by Gasteiger charge is 2.02. The normalized spacial score (nSPS) is 10.8. The average molecular weight is 413 g/mol. The van der Waals surface area contributed by atoms with Crippen LogP contribution >= 0.6 is 35.3 Å². The Bertz CT molecular complexity index is 628. The molecule has 1 aromatic carbocycles. The van der Waals surface area contributed by atoms with E-state index in [1.54, 1.807) is 11.3 Å². The summed E-state index contributed by atoms with van der Waals surface area (Å²) in [4.78, 5) is 4.54. The average Bonchev–Trinajstić information content (AvgIpc) is 2.88. The minimum atomic E-state index is 0. The van der Waals surface area contributed by atoms with Crippen molar-refractivity contribution in [2.45, 2.75) is 13.3 Å². The zero-order chi connectivity index (χ0) is 14.2. The van der Waals surface area contributed by atoms with E-state index in [2.05, 4.69) is 51.2 Å². The van der Waals surface area contributed by atoms with Crippen LogP contribution in [0.15, 0.2) is 34.6 Å². The Balaban J connectivity index is 0.00000220. The van der Waals surface area contributed by atoms with Crippen LogP contribution in [-0.4, -0.2) is 25.6 Å². The van der Waals surface area contributed by atoms with Crippen molar-refractivity contribution in [3.63, 3.8) is 0 Å². The lowest BCUT2D eigenvalue weighted by molar-refractivity contribution is 0.857. The van der Waals surface area contributed by atoms with Crippen molar-refractivity contribution >= 4 is 51.4 Å². The number of guanidine groups is 1. The lowest BCUT2D eigenvalue weighted by Gasteiger charge is -2.08. The van der Waals surface area contributed by atoms with Crippen LogP contribution in [-0.2, 0) is 6.42 Å². The van der Waals surface area contributed by atoms with E-state index in [4.69, 9.17) is 6.42 Å². The third-order valence-corrected chi connectivity index (χ3v) is 3.93. The maximum absolute atomic E-state index is 5.25. The van der Waals surface area contributed by atoms with Gasteiger partial charge in [0.25, 0.3) is 0 Å². The number of terminal acetylenes is 1. The van der Waals surface area contributed by atoms with Gasteiger partial charge in [-0.25, -0.2) is 0 Å². The Morgan fingerprint density at radius 1 is 1.33 bits per heavy atom. The van der Waals surface area contributed by atoms with Crippen LogP contribution < -0.4 is 10.6 Å². The van der Waals surface area contributed by atoms with Crippen molar-refractivity contribution in [2.75, 3.05) is 19.6 Å². The van der Waals surface area contributed by atoms with Gasteiger partial charge in [0, 0.05) is 17.8 Å². The number of nitrogens with zero attached hydrogens (tertiary/aromatic N) is 1. The molecule has 0 saturated heterocycles. The molecule has 0 saturated carbocycles. The first-order chi connectivity index (χ1) is 9.85. The fourth-order valence-corrected chi connectivity index (χ4v) is 2.99. The number of rotatable bonds is 5. The number of hydrogen-bond acceptors (Lipinski definition) is 2. The molecule has 0 spiro atoms. The molecule has 3 nitrogen and oxygen atoms in total. The predicted molar refractivity (Wildman–Crippen MR) is 104 cm³/mol. The molecule has 21 heavy (non-hydrogen) atoms. The monoisotopic (exact) mass is 413 g/mol. The summed E-state index contributed by atoms with van der Waals surface area (Å²) >= 11 is 1.79. The van der Waals surface area contributed by atoms with Crippen molar-refractivity contribution in [3.8, 4) is 12.3 Å². The molecule has 0 aliphatic heterocycles. The lowest BCUT2D eigenvalue weighted by atomic mass is 10.1. The van der Waals surface area contributed by atoms with E-state index >= 15 is 0 Å². The van der Waals surface area contributed by atoms with Gasteiger partial charge in [0.15, 0.2) is 5.96 Å². The van der Waals surface area contributed by atoms with Gasteiger partial charge in [-0.2, -0.15) is 0 Å². The number of nitrogens with one attached hydrogen (secondary N) is 2. The van der Waals surface area contributed by atoms with Crippen LogP contribution in [0.4, 0.5) is 0 Å². The summed E-state index contributed by atoms with van der Waals surface area (Å²) in [6.07, 6.45) is 6.19. The molecular formula is C16H20IN3S. The number of fused-ring (bicyclic) bond motifs is 1. The van der Waals surface area contributed by atoms with E-state index in [-0.39, 0.29) is 24.0 Å². The Morgan fingerprint density at radius 3 is 2.90 bits per heavy atom. The predicted octanol–water partition coefficient (Wildman–Crippen LogP) is 3.25. The van der Waals surface area contributed by atoms with Gasteiger partial charge in [0.2, 0.25) is 0 Å². The summed E-state index contributed by atoms with van der Waals surface area (Å²) in [7, 11) is 0. The highest BCUT2D eigenvalue weighted by atomic mass is 127. The van der Waals surface area contributed by atoms with Gasteiger partial charge in [-0.05, 0) is 35.7 Å². The van der Waals surface area contributed by atoms with Gasteiger partial charge in [-0.15, -0.1) is 41.7 Å². The Labute approximate surface area is 147 Å². The fraction of sp³-hybridized carbons (Fsp3) is 0.312. The second-order valence-electron chi connectivity index (χ2n) is 4.33. The second-order valence-corrected chi connectivity index (χ2v) is 5.24. The maximum Gasteiger partial charge on any atom is 0.192 e. The van der Waals surface area contributed by atoms with Crippen molar-refractivity contribution in [2.24, 2.45) is 4.99 Å². The molecule has 112 valence electrons. The number of benzene rings is 1. The summed E-state index contributed by atoms with van der Waals surface area (Å²) in [5, 5.41) is 9.84. The van der Waals surface area contributed by atoms with E-state index < -0.39 is 0 Å². The first-order valence-corrected chi connectivity index (χ1v) is 7.64. The van der Waals surface area contributed by atoms with Gasteiger partial charge < -0.3 is 10.6 Å². The van der Waals surface area contributed by atoms with E-state index in [1.165, 1.54) is 15.6 Å². The fourth-order valence-electron chi connectivity index (χ4n) is 1.99. The van der Waals surface area contributed by atoms with Crippen molar-refractivity contribution in [3.05, 3.63) is 35.2 Å². The van der Waals surface area contributed by atoms with Gasteiger partial charge >= 0.3 is 0 Å². The van der Waals surface area contributed by atoms with Crippen LogP contribution in [0.1, 0.15) is 12.5 Å². The molecular weight excluding hydrogens is 393 g/mol. The molecule has 1 heterocycles.